The minimum absolute atomic E-state index is 0.0656. The summed E-state index contributed by atoms with van der Waals surface area (Å²) in [6.07, 6.45) is 3.52. The molecule has 1 aliphatic carbocycles. The van der Waals surface area contributed by atoms with Crippen molar-refractivity contribution in [2.45, 2.75) is 38.5 Å². The van der Waals surface area contributed by atoms with E-state index in [9.17, 15) is 0 Å². The van der Waals surface area contributed by atoms with E-state index < -0.39 is 0 Å². The summed E-state index contributed by atoms with van der Waals surface area (Å²) in [5.41, 5.74) is 6.44. The number of rotatable bonds is 7. The molecule has 1 unspecified atom stereocenters. The predicted molar refractivity (Wildman–Crippen MR) is 112 cm³/mol. The molecule has 3 N–H and O–H groups in total. The number of hydrogen-bond acceptors (Lipinski definition) is 3. The lowest BCUT2D eigenvalue weighted by atomic mass is 9.91. The van der Waals surface area contributed by atoms with Crippen molar-refractivity contribution in [2.75, 3.05) is 13.2 Å². The van der Waals surface area contributed by atoms with Gasteiger partial charge in [-0.05, 0) is 54.2 Å². The maximum absolute atomic E-state index is 8.77. The Hall–Kier alpha value is -1.66. The summed E-state index contributed by atoms with van der Waals surface area (Å²) in [6.45, 7) is 1.84. The van der Waals surface area contributed by atoms with Crippen molar-refractivity contribution >= 4 is 26.8 Å². The number of hydrogen-bond donors (Lipinski definition) is 3. The third kappa shape index (κ3) is 4.27. The summed E-state index contributed by atoms with van der Waals surface area (Å²) in [7, 11) is 0. The Kier molecular flexibility index (Phi) is 5.93. The van der Waals surface area contributed by atoms with Gasteiger partial charge in [0.2, 0.25) is 0 Å². The molecule has 1 atom stereocenters. The van der Waals surface area contributed by atoms with Gasteiger partial charge in [0.1, 0.15) is 0 Å². The van der Waals surface area contributed by atoms with Gasteiger partial charge in [0, 0.05) is 33.7 Å². The average molecular weight is 429 g/mol. The maximum Gasteiger partial charge on any atom is 0.0718 e. The second-order valence-electron chi connectivity index (χ2n) is 7.13. The van der Waals surface area contributed by atoms with E-state index in [2.05, 4.69) is 68.7 Å². The standard InChI is InChI=1S/C22H25BrN2O2/c23-17-8-9-20-19(12-17)18-2-1-3-21(22(18)25-20)24-13-15-4-6-16(7-5-15)14-27-11-10-26/h4-9,12,21,24-26H,1-3,10-11,13-14H2. The highest BCUT2D eigenvalue weighted by atomic mass is 79.9. The van der Waals surface area contributed by atoms with Gasteiger partial charge in [-0.15, -0.1) is 0 Å². The third-order valence-corrected chi connectivity index (χ3v) is 5.74. The molecule has 0 amide bonds. The number of nitrogens with one attached hydrogen (secondary N) is 2. The average Bonchev–Trinajstić information content (AvgIpc) is 3.06. The van der Waals surface area contributed by atoms with Crippen LogP contribution in [0.1, 0.15) is 41.3 Å². The maximum atomic E-state index is 8.77. The van der Waals surface area contributed by atoms with Crippen molar-refractivity contribution in [3.63, 3.8) is 0 Å². The minimum atomic E-state index is 0.0656. The number of H-pyrrole nitrogens is 1. The Morgan fingerprint density at radius 2 is 1.96 bits per heavy atom. The van der Waals surface area contributed by atoms with Crippen molar-refractivity contribution in [1.29, 1.82) is 0 Å². The molecule has 0 fully saturated rings. The van der Waals surface area contributed by atoms with Crippen LogP contribution in [0.25, 0.3) is 10.9 Å². The molecule has 0 radical (unpaired) electrons. The highest BCUT2D eigenvalue weighted by molar-refractivity contribution is 9.10. The fraction of sp³-hybridized carbons (Fsp3) is 0.364. The Morgan fingerprint density at radius 3 is 2.78 bits per heavy atom. The zero-order valence-electron chi connectivity index (χ0n) is 15.3. The second kappa shape index (κ2) is 8.57. The van der Waals surface area contributed by atoms with Crippen LogP contribution in [0.2, 0.25) is 0 Å². The normalized spacial score (nSPS) is 16.6. The summed E-state index contributed by atoms with van der Waals surface area (Å²) >= 11 is 3.60. The van der Waals surface area contributed by atoms with Crippen LogP contribution < -0.4 is 5.32 Å². The molecule has 0 spiro atoms. The number of aliphatic hydroxyl groups excluding tert-OH is 1. The molecule has 27 heavy (non-hydrogen) atoms. The molecular formula is C22H25BrN2O2. The topological polar surface area (TPSA) is 57.3 Å². The lowest BCUT2D eigenvalue weighted by Gasteiger charge is -2.24. The first-order chi connectivity index (χ1) is 13.2. The Balaban J connectivity index is 1.43. The first-order valence-corrected chi connectivity index (χ1v) is 10.3. The van der Waals surface area contributed by atoms with Crippen molar-refractivity contribution in [2.24, 2.45) is 0 Å². The number of aromatic amines is 1. The number of ether oxygens (including phenoxy) is 1. The predicted octanol–water partition coefficient (Wildman–Crippen LogP) is 4.61. The molecule has 3 aromatic rings. The molecule has 1 aromatic heterocycles. The molecular weight excluding hydrogens is 404 g/mol. The van der Waals surface area contributed by atoms with Crippen LogP contribution in [-0.4, -0.2) is 23.3 Å². The van der Waals surface area contributed by atoms with E-state index in [1.165, 1.54) is 34.1 Å². The van der Waals surface area contributed by atoms with E-state index in [-0.39, 0.29) is 6.61 Å². The molecule has 0 bridgehead atoms. The van der Waals surface area contributed by atoms with E-state index in [0.29, 0.717) is 19.3 Å². The van der Waals surface area contributed by atoms with Gasteiger partial charge in [-0.3, -0.25) is 0 Å². The van der Waals surface area contributed by atoms with Gasteiger partial charge in [-0.25, -0.2) is 0 Å². The highest BCUT2D eigenvalue weighted by Crippen LogP contribution is 2.35. The first kappa shape index (κ1) is 18.7. The van der Waals surface area contributed by atoms with Crippen molar-refractivity contribution in [1.82, 2.24) is 10.3 Å². The SMILES string of the molecule is OCCOCc1ccc(CNC2CCCc3c2[nH]c2ccc(Br)cc32)cc1. The van der Waals surface area contributed by atoms with Gasteiger partial charge in [0.15, 0.2) is 0 Å². The van der Waals surface area contributed by atoms with Gasteiger partial charge in [0.05, 0.1) is 19.8 Å². The number of halogens is 1. The van der Waals surface area contributed by atoms with Crippen molar-refractivity contribution in [3.8, 4) is 0 Å². The zero-order valence-corrected chi connectivity index (χ0v) is 16.9. The smallest absolute Gasteiger partial charge is 0.0718 e. The van der Waals surface area contributed by atoms with Gasteiger partial charge in [-0.1, -0.05) is 40.2 Å². The lowest BCUT2D eigenvalue weighted by molar-refractivity contribution is 0.0815. The Morgan fingerprint density at radius 1 is 1.15 bits per heavy atom. The summed E-state index contributed by atoms with van der Waals surface area (Å²) in [4.78, 5) is 3.65. The highest BCUT2D eigenvalue weighted by Gasteiger charge is 2.23. The van der Waals surface area contributed by atoms with Gasteiger partial charge in [-0.2, -0.15) is 0 Å². The quantitative estimate of drug-likeness (QED) is 0.481. The molecule has 1 aliphatic rings. The fourth-order valence-corrected chi connectivity index (χ4v) is 4.25. The molecule has 0 aliphatic heterocycles. The summed E-state index contributed by atoms with van der Waals surface area (Å²) in [5, 5.41) is 13.9. The molecule has 2 aromatic carbocycles. The number of fused-ring (bicyclic) bond motifs is 3. The molecule has 5 heteroatoms. The van der Waals surface area contributed by atoms with E-state index in [1.54, 1.807) is 0 Å². The fourth-order valence-electron chi connectivity index (χ4n) is 3.89. The van der Waals surface area contributed by atoms with Crippen LogP contribution >= 0.6 is 15.9 Å². The van der Waals surface area contributed by atoms with E-state index in [1.807, 2.05) is 0 Å². The number of aryl methyl sites for hydroxylation is 1. The van der Waals surface area contributed by atoms with Crippen LogP contribution in [0, 0.1) is 0 Å². The molecule has 4 rings (SSSR count). The summed E-state index contributed by atoms with van der Waals surface area (Å²) < 4.78 is 6.50. The lowest BCUT2D eigenvalue weighted by Crippen LogP contribution is -2.24. The molecule has 0 saturated heterocycles. The van der Waals surface area contributed by atoms with Crippen molar-refractivity contribution in [3.05, 3.63) is 69.3 Å². The van der Waals surface area contributed by atoms with E-state index >= 15 is 0 Å². The Labute approximate surface area is 168 Å². The molecule has 0 saturated carbocycles. The van der Waals surface area contributed by atoms with Crippen LogP contribution in [0.3, 0.4) is 0 Å². The second-order valence-corrected chi connectivity index (χ2v) is 8.04. The first-order valence-electron chi connectivity index (χ1n) is 9.54. The summed E-state index contributed by atoms with van der Waals surface area (Å²) in [5.74, 6) is 0. The number of aliphatic hydroxyl groups is 1. The van der Waals surface area contributed by atoms with Gasteiger partial charge in [0.25, 0.3) is 0 Å². The monoisotopic (exact) mass is 428 g/mol. The van der Waals surface area contributed by atoms with Gasteiger partial charge >= 0.3 is 0 Å². The number of benzene rings is 2. The van der Waals surface area contributed by atoms with E-state index in [0.717, 1.165) is 29.4 Å². The Bertz CT molecular complexity index is 905. The minimum Gasteiger partial charge on any atom is -0.394 e. The van der Waals surface area contributed by atoms with E-state index in [4.69, 9.17) is 9.84 Å². The van der Waals surface area contributed by atoms with Crippen molar-refractivity contribution < 1.29 is 9.84 Å². The van der Waals surface area contributed by atoms with Crippen LogP contribution in [0.15, 0.2) is 46.9 Å². The molecule has 1 heterocycles. The third-order valence-electron chi connectivity index (χ3n) is 5.25. The van der Waals surface area contributed by atoms with Crippen LogP contribution in [0.5, 0.6) is 0 Å². The zero-order chi connectivity index (χ0) is 18.6. The van der Waals surface area contributed by atoms with Gasteiger partial charge < -0.3 is 20.1 Å². The number of aromatic nitrogens is 1. The molecule has 4 nitrogen and oxygen atoms in total. The molecule has 142 valence electrons. The summed E-state index contributed by atoms with van der Waals surface area (Å²) in [6, 6.07) is 15.3. The largest absolute Gasteiger partial charge is 0.394 e. The van der Waals surface area contributed by atoms with Crippen LogP contribution in [0.4, 0.5) is 0 Å². The van der Waals surface area contributed by atoms with Crippen LogP contribution in [-0.2, 0) is 24.3 Å².